The van der Waals surface area contributed by atoms with Gasteiger partial charge in [0.1, 0.15) is 11.1 Å². The van der Waals surface area contributed by atoms with Gasteiger partial charge in [-0.3, -0.25) is 9.48 Å². The summed E-state index contributed by atoms with van der Waals surface area (Å²) in [7, 11) is 0. The normalized spacial score (nSPS) is 12.5. The Morgan fingerprint density at radius 3 is 2.93 bits per heavy atom. The van der Waals surface area contributed by atoms with Crippen LogP contribution in [0.3, 0.4) is 0 Å². The minimum Gasteiger partial charge on any atom is -0.381 e. The van der Waals surface area contributed by atoms with Crippen molar-refractivity contribution < 1.29 is 4.79 Å². The molecular weight excluding hydrogens is 216 g/mol. The molecule has 3 N–H and O–H groups in total. The number of halogens is 1. The fraction of sp³-hybridized carbons (Fsp3) is 0.556. The van der Waals surface area contributed by atoms with E-state index in [9.17, 15) is 4.79 Å². The van der Waals surface area contributed by atoms with Gasteiger partial charge in [-0.25, -0.2) is 0 Å². The number of amides is 1. The molecule has 0 fully saturated rings. The Balaban J connectivity index is 2.67. The molecule has 15 heavy (non-hydrogen) atoms. The molecule has 0 aliphatic heterocycles. The van der Waals surface area contributed by atoms with Crippen LogP contribution in [0.1, 0.15) is 26.3 Å². The number of rotatable bonds is 4. The summed E-state index contributed by atoms with van der Waals surface area (Å²) in [6.07, 6.45) is 2.45. The lowest BCUT2D eigenvalue weighted by atomic mass is 10.3. The molecule has 1 amide bonds. The summed E-state index contributed by atoms with van der Waals surface area (Å²) in [5.41, 5.74) is 5.48. The van der Waals surface area contributed by atoms with Gasteiger partial charge in [0.2, 0.25) is 5.91 Å². The van der Waals surface area contributed by atoms with Crippen LogP contribution in [-0.4, -0.2) is 22.2 Å². The molecule has 84 valence electrons. The minimum absolute atomic E-state index is 0.0870. The van der Waals surface area contributed by atoms with Crippen LogP contribution in [0, 0.1) is 0 Å². The molecule has 0 radical (unpaired) electrons. The van der Waals surface area contributed by atoms with Crippen molar-refractivity contribution in [2.24, 2.45) is 0 Å². The average molecular weight is 231 g/mol. The van der Waals surface area contributed by atoms with Crippen molar-refractivity contribution in [3.8, 4) is 0 Å². The topological polar surface area (TPSA) is 72.9 Å². The molecule has 1 atom stereocenters. The van der Waals surface area contributed by atoms with Gasteiger partial charge in [-0.1, -0.05) is 18.5 Å². The smallest absolute Gasteiger partial charge is 0.244 e. The number of nitrogens with zero attached hydrogens (tertiary/aromatic N) is 2. The predicted molar refractivity (Wildman–Crippen MR) is 59.7 cm³/mol. The van der Waals surface area contributed by atoms with Crippen molar-refractivity contribution in [1.29, 1.82) is 0 Å². The predicted octanol–water partition coefficient (Wildman–Crippen LogP) is 1.21. The summed E-state index contributed by atoms with van der Waals surface area (Å²) < 4.78 is 1.46. The number of carbonyl (C=O) groups excluding carboxylic acids is 1. The maximum atomic E-state index is 11.6. The van der Waals surface area contributed by atoms with E-state index < -0.39 is 6.04 Å². The zero-order valence-electron chi connectivity index (χ0n) is 8.83. The summed E-state index contributed by atoms with van der Waals surface area (Å²) in [4.78, 5) is 11.6. The van der Waals surface area contributed by atoms with E-state index in [1.54, 1.807) is 13.1 Å². The van der Waals surface area contributed by atoms with E-state index >= 15 is 0 Å². The summed E-state index contributed by atoms with van der Waals surface area (Å²) in [6, 6.07) is -0.397. The first-order valence-electron chi connectivity index (χ1n) is 4.84. The monoisotopic (exact) mass is 230 g/mol. The standard InChI is InChI=1S/C9H15ClN4O/c1-3-4-12-9(15)6(2)14-5-7(10)8(11)13-14/h5-6H,3-4H2,1-2H3,(H2,11,13)(H,12,15). The second-order valence-electron chi connectivity index (χ2n) is 3.31. The maximum absolute atomic E-state index is 11.6. The Labute approximate surface area is 93.6 Å². The molecule has 1 heterocycles. The maximum Gasteiger partial charge on any atom is 0.244 e. The van der Waals surface area contributed by atoms with Crippen molar-refractivity contribution in [3.63, 3.8) is 0 Å². The number of anilines is 1. The Morgan fingerprint density at radius 2 is 2.47 bits per heavy atom. The SMILES string of the molecule is CCCNC(=O)C(C)n1cc(Cl)c(N)n1. The molecule has 6 heteroatoms. The molecule has 1 aromatic rings. The Morgan fingerprint density at radius 1 is 1.80 bits per heavy atom. The van der Waals surface area contributed by atoms with Gasteiger partial charge >= 0.3 is 0 Å². The lowest BCUT2D eigenvalue weighted by Crippen LogP contribution is -2.31. The highest BCUT2D eigenvalue weighted by molar-refractivity contribution is 6.32. The van der Waals surface area contributed by atoms with Crippen LogP contribution < -0.4 is 11.1 Å². The van der Waals surface area contributed by atoms with Crippen LogP contribution in [0.15, 0.2) is 6.20 Å². The third-order valence-corrected chi connectivity index (χ3v) is 2.33. The van der Waals surface area contributed by atoms with Crippen LogP contribution in [-0.2, 0) is 4.79 Å². The Kier molecular flexibility index (Phi) is 3.96. The molecule has 0 saturated heterocycles. The van der Waals surface area contributed by atoms with Gasteiger partial charge in [-0.15, -0.1) is 0 Å². The number of nitrogen functional groups attached to an aromatic ring is 1. The molecule has 0 spiro atoms. The van der Waals surface area contributed by atoms with Gasteiger partial charge in [-0.2, -0.15) is 5.10 Å². The van der Waals surface area contributed by atoms with Gasteiger partial charge in [-0.05, 0) is 13.3 Å². The van der Waals surface area contributed by atoms with E-state index in [2.05, 4.69) is 10.4 Å². The highest BCUT2D eigenvalue weighted by atomic mass is 35.5. The minimum atomic E-state index is -0.397. The number of hydrogen-bond donors (Lipinski definition) is 2. The molecule has 0 saturated carbocycles. The first-order valence-corrected chi connectivity index (χ1v) is 5.22. The molecule has 1 aromatic heterocycles. The average Bonchev–Trinajstić information content (AvgIpc) is 2.54. The zero-order chi connectivity index (χ0) is 11.4. The fourth-order valence-electron chi connectivity index (χ4n) is 1.10. The van der Waals surface area contributed by atoms with E-state index in [4.69, 9.17) is 17.3 Å². The molecule has 0 aliphatic carbocycles. The second-order valence-corrected chi connectivity index (χ2v) is 3.72. The second kappa shape index (κ2) is 5.02. The van der Waals surface area contributed by atoms with Gasteiger partial charge in [0.15, 0.2) is 5.82 Å². The van der Waals surface area contributed by atoms with E-state index in [-0.39, 0.29) is 11.7 Å². The van der Waals surface area contributed by atoms with E-state index in [0.29, 0.717) is 11.6 Å². The number of carbonyl (C=O) groups is 1. The van der Waals surface area contributed by atoms with E-state index in [0.717, 1.165) is 6.42 Å². The molecule has 0 aliphatic rings. The van der Waals surface area contributed by atoms with E-state index in [1.807, 2.05) is 6.92 Å². The van der Waals surface area contributed by atoms with Crippen molar-refractivity contribution in [2.45, 2.75) is 26.3 Å². The molecule has 1 unspecified atom stereocenters. The molecule has 1 rings (SSSR count). The third kappa shape index (κ3) is 2.86. The lowest BCUT2D eigenvalue weighted by Gasteiger charge is -2.11. The Hall–Kier alpha value is -1.23. The van der Waals surface area contributed by atoms with Crippen molar-refractivity contribution >= 4 is 23.3 Å². The van der Waals surface area contributed by atoms with Gasteiger partial charge in [0.25, 0.3) is 0 Å². The van der Waals surface area contributed by atoms with Gasteiger partial charge < -0.3 is 11.1 Å². The number of hydrogen-bond acceptors (Lipinski definition) is 3. The Bertz CT molecular complexity index is 330. The molecule has 5 nitrogen and oxygen atoms in total. The van der Waals surface area contributed by atoms with Crippen molar-refractivity contribution in [2.75, 3.05) is 12.3 Å². The van der Waals surface area contributed by atoms with Gasteiger partial charge in [0.05, 0.1) is 0 Å². The van der Waals surface area contributed by atoms with Crippen LogP contribution in [0.2, 0.25) is 5.02 Å². The lowest BCUT2D eigenvalue weighted by molar-refractivity contribution is -0.124. The number of nitrogens with one attached hydrogen (secondary N) is 1. The van der Waals surface area contributed by atoms with Crippen LogP contribution in [0.5, 0.6) is 0 Å². The van der Waals surface area contributed by atoms with E-state index in [1.165, 1.54) is 4.68 Å². The van der Waals surface area contributed by atoms with Crippen LogP contribution in [0.25, 0.3) is 0 Å². The largest absolute Gasteiger partial charge is 0.381 e. The summed E-state index contributed by atoms with van der Waals surface area (Å²) in [5.74, 6) is 0.155. The van der Waals surface area contributed by atoms with Gasteiger partial charge in [0, 0.05) is 12.7 Å². The summed E-state index contributed by atoms with van der Waals surface area (Å²) in [6.45, 7) is 4.40. The quantitative estimate of drug-likeness (QED) is 0.817. The highest BCUT2D eigenvalue weighted by Crippen LogP contribution is 2.18. The summed E-state index contributed by atoms with van der Waals surface area (Å²) in [5, 5.41) is 7.08. The zero-order valence-corrected chi connectivity index (χ0v) is 9.58. The first kappa shape index (κ1) is 11.8. The number of aromatic nitrogens is 2. The van der Waals surface area contributed by atoms with Crippen LogP contribution >= 0.6 is 11.6 Å². The van der Waals surface area contributed by atoms with Crippen molar-refractivity contribution in [3.05, 3.63) is 11.2 Å². The van der Waals surface area contributed by atoms with Crippen molar-refractivity contribution in [1.82, 2.24) is 15.1 Å². The fourth-order valence-corrected chi connectivity index (χ4v) is 1.24. The molecule has 0 aromatic carbocycles. The third-order valence-electron chi connectivity index (χ3n) is 2.04. The van der Waals surface area contributed by atoms with Crippen LogP contribution in [0.4, 0.5) is 5.82 Å². The molecule has 0 bridgehead atoms. The highest BCUT2D eigenvalue weighted by Gasteiger charge is 2.16. The summed E-state index contributed by atoms with van der Waals surface area (Å²) >= 11 is 5.74. The number of nitrogens with two attached hydrogens (primary N) is 1. The first-order chi connectivity index (χ1) is 7.06. The molecular formula is C9H15ClN4O.